The molecular weight excluding hydrogens is 254 g/mol. The Morgan fingerprint density at radius 1 is 1.45 bits per heavy atom. The topological polar surface area (TPSA) is 56.7 Å². The van der Waals surface area contributed by atoms with Crippen molar-refractivity contribution in [2.75, 3.05) is 26.2 Å². The Labute approximate surface area is 119 Å². The predicted molar refractivity (Wildman–Crippen MR) is 75.2 cm³/mol. The molecule has 2 aliphatic heterocycles. The van der Waals surface area contributed by atoms with Crippen LogP contribution in [0.3, 0.4) is 0 Å². The minimum Gasteiger partial charge on any atom is -0.386 e. The summed E-state index contributed by atoms with van der Waals surface area (Å²) in [4.78, 5) is 20.6. The fourth-order valence-electron chi connectivity index (χ4n) is 2.95. The first-order valence-corrected chi connectivity index (χ1v) is 7.13. The van der Waals surface area contributed by atoms with Crippen molar-refractivity contribution in [3.05, 3.63) is 29.6 Å². The van der Waals surface area contributed by atoms with Gasteiger partial charge in [0.05, 0.1) is 24.4 Å². The normalized spacial score (nSPS) is 22.2. The van der Waals surface area contributed by atoms with Gasteiger partial charge in [0, 0.05) is 19.6 Å². The average Bonchev–Trinajstić information content (AvgIpc) is 2.33. The fraction of sp³-hybridized carbons (Fsp3) is 0.600. The SMILES string of the molecule is CC1CN(Cc2cccc(C(=O)N3CC(C)(O)C3)n2)C1. The van der Waals surface area contributed by atoms with Crippen LogP contribution in [0.15, 0.2) is 18.2 Å². The molecule has 0 spiro atoms. The molecule has 20 heavy (non-hydrogen) atoms. The standard InChI is InChI=1S/C15H21N3O2/c1-11-6-17(7-11)8-12-4-3-5-13(16-12)14(19)18-9-15(2,20)10-18/h3-5,11,20H,6-10H2,1-2H3. The molecule has 0 atom stereocenters. The lowest BCUT2D eigenvalue weighted by Crippen LogP contribution is -2.61. The summed E-state index contributed by atoms with van der Waals surface area (Å²) in [5.41, 5.74) is 0.683. The van der Waals surface area contributed by atoms with Gasteiger partial charge < -0.3 is 10.0 Å². The van der Waals surface area contributed by atoms with Crippen LogP contribution in [0.2, 0.25) is 0 Å². The number of pyridine rings is 1. The molecule has 0 aliphatic carbocycles. The summed E-state index contributed by atoms with van der Waals surface area (Å²) in [6.45, 7) is 7.78. The van der Waals surface area contributed by atoms with Crippen molar-refractivity contribution in [1.29, 1.82) is 0 Å². The first-order chi connectivity index (χ1) is 9.43. The molecule has 1 aromatic rings. The zero-order chi connectivity index (χ0) is 14.3. The lowest BCUT2D eigenvalue weighted by atomic mass is 9.96. The summed E-state index contributed by atoms with van der Waals surface area (Å²) >= 11 is 0. The van der Waals surface area contributed by atoms with Crippen LogP contribution in [0, 0.1) is 5.92 Å². The number of β-amino-alcohol motifs (C(OH)–C–C–N with tert-alkyl or cyclic N) is 1. The van der Waals surface area contributed by atoms with Crippen molar-refractivity contribution in [3.8, 4) is 0 Å². The molecule has 0 saturated carbocycles. The minimum absolute atomic E-state index is 0.0876. The number of amides is 1. The van der Waals surface area contributed by atoms with Crippen LogP contribution in [0.25, 0.3) is 0 Å². The third kappa shape index (κ3) is 2.69. The molecule has 108 valence electrons. The van der Waals surface area contributed by atoms with E-state index >= 15 is 0 Å². The van der Waals surface area contributed by atoms with Crippen LogP contribution in [-0.2, 0) is 6.54 Å². The van der Waals surface area contributed by atoms with Gasteiger partial charge in [0.25, 0.3) is 5.91 Å². The highest BCUT2D eigenvalue weighted by molar-refractivity contribution is 5.93. The molecule has 2 aliphatic rings. The van der Waals surface area contributed by atoms with Crippen molar-refractivity contribution in [3.63, 3.8) is 0 Å². The lowest BCUT2D eigenvalue weighted by molar-refractivity contribution is -0.0670. The molecule has 2 fully saturated rings. The number of rotatable bonds is 3. The first-order valence-electron chi connectivity index (χ1n) is 7.13. The van der Waals surface area contributed by atoms with Gasteiger partial charge in [-0.15, -0.1) is 0 Å². The summed E-state index contributed by atoms with van der Waals surface area (Å²) in [6.07, 6.45) is 0. The van der Waals surface area contributed by atoms with Crippen LogP contribution >= 0.6 is 0 Å². The average molecular weight is 275 g/mol. The van der Waals surface area contributed by atoms with E-state index in [-0.39, 0.29) is 5.91 Å². The number of carbonyl (C=O) groups excluding carboxylic acids is 1. The van der Waals surface area contributed by atoms with Gasteiger partial charge in [-0.3, -0.25) is 9.69 Å². The molecular formula is C15H21N3O2. The van der Waals surface area contributed by atoms with Gasteiger partial charge in [-0.05, 0) is 25.0 Å². The van der Waals surface area contributed by atoms with E-state index in [4.69, 9.17) is 0 Å². The smallest absolute Gasteiger partial charge is 0.272 e. The van der Waals surface area contributed by atoms with Gasteiger partial charge in [-0.1, -0.05) is 13.0 Å². The molecule has 2 saturated heterocycles. The molecule has 3 rings (SSSR count). The van der Waals surface area contributed by atoms with Crippen LogP contribution < -0.4 is 0 Å². The van der Waals surface area contributed by atoms with Gasteiger partial charge in [0.1, 0.15) is 5.69 Å². The van der Waals surface area contributed by atoms with Gasteiger partial charge >= 0.3 is 0 Å². The maximum absolute atomic E-state index is 12.2. The largest absolute Gasteiger partial charge is 0.386 e. The van der Waals surface area contributed by atoms with Gasteiger partial charge in [-0.25, -0.2) is 4.98 Å². The van der Waals surface area contributed by atoms with Crippen LogP contribution in [0.4, 0.5) is 0 Å². The van der Waals surface area contributed by atoms with E-state index in [0.717, 1.165) is 31.2 Å². The molecule has 0 aromatic carbocycles. The molecule has 5 heteroatoms. The number of aromatic nitrogens is 1. The highest BCUT2D eigenvalue weighted by atomic mass is 16.3. The second-order valence-corrected chi connectivity index (χ2v) is 6.47. The third-order valence-electron chi connectivity index (χ3n) is 3.90. The zero-order valence-electron chi connectivity index (χ0n) is 12.0. The van der Waals surface area contributed by atoms with E-state index in [1.54, 1.807) is 17.9 Å². The number of hydrogen-bond donors (Lipinski definition) is 1. The van der Waals surface area contributed by atoms with Gasteiger partial charge in [-0.2, -0.15) is 0 Å². The van der Waals surface area contributed by atoms with Gasteiger partial charge in [0.2, 0.25) is 0 Å². The molecule has 5 nitrogen and oxygen atoms in total. The van der Waals surface area contributed by atoms with Crippen molar-refractivity contribution in [1.82, 2.24) is 14.8 Å². The van der Waals surface area contributed by atoms with E-state index in [1.165, 1.54) is 0 Å². The maximum atomic E-state index is 12.2. The minimum atomic E-state index is -0.735. The Balaban J connectivity index is 1.63. The number of carbonyl (C=O) groups is 1. The van der Waals surface area contributed by atoms with Crippen LogP contribution in [0.5, 0.6) is 0 Å². The Kier molecular flexibility index (Phi) is 3.26. The summed E-state index contributed by atoms with van der Waals surface area (Å²) in [5, 5.41) is 9.70. The zero-order valence-corrected chi connectivity index (χ0v) is 12.0. The van der Waals surface area contributed by atoms with E-state index in [0.29, 0.717) is 18.8 Å². The van der Waals surface area contributed by atoms with Crippen molar-refractivity contribution in [2.45, 2.75) is 26.0 Å². The highest BCUT2D eigenvalue weighted by Crippen LogP contribution is 2.22. The lowest BCUT2D eigenvalue weighted by Gasteiger charge is -2.43. The van der Waals surface area contributed by atoms with Crippen LogP contribution in [-0.4, -0.2) is 57.6 Å². The molecule has 0 unspecified atom stereocenters. The van der Waals surface area contributed by atoms with Crippen molar-refractivity contribution < 1.29 is 9.90 Å². The van der Waals surface area contributed by atoms with Crippen molar-refractivity contribution in [2.24, 2.45) is 5.92 Å². The van der Waals surface area contributed by atoms with Crippen LogP contribution in [0.1, 0.15) is 30.0 Å². The molecule has 3 heterocycles. The number of nitrogens with zero attached hydrogens (tertiary/aromatic N) is 3. The Morgan fingerprint density at radius 3 is 2.75 bits per heavy atom. The molecule has 1 aromatic heterocycles. The number of aliphatic hydroxyl groups is 1. The Hall–Kier alpha value is -1.46. The summed E-state index contributed by atoms with van der Waals surface area (Å²) in [6, 6.07) is 5.60. The Morgan fingerprint density at radius 2 is 2.15 bits per heavy atom. The number of likely N-dealkylation sites (tertiary alicyclic amines) is 2. The maximum Gasteiger partial charge on any atom is 0.272 e. The predicted octanol–water partition coefficient (Wildman–Crippen LogP) is 0.740. The Bertz CT molecular complexity index is 516. The summed E-state index contributed by atoms with van der Waals surface area (Å²) in [5.74, 6) is 0.679. The molecule has 0 radical (unpaired) electrons. The highest BCUT2D eigenvalue weighted by Gasteiger charge is 2.40. The van der Waals surface area contributed by atoms with E-state index in [9.17, 15) is 9.90 Å². The summed E-state index contributed by atoms with van der Waals surface area (Å²) < 4.78 is 0. The molecule has 1 amide bonds. The molecule has 1 N–H and O–H groups in total. The van der Waals surface area contributed by atoms with E-state index in [2.05, 4.69) is 16.8 Å². The van der Waals surface area contributed by atoms with E-state index in [1.807, 2.05) is 12.1 Å². The monoisotopic (exact) mass is 275 g/mol. The van der Waals surface area contributed by atoms with Gasteiger partial charge in [0.15, 0.2) is 0 Å². The third-order valence-corrected chi connectivity index (χ3v) is 3.90. The first kappa shape index (κ1) is 13.5. The fourth-order valence-corrected chi connectivity index (χ4v) is 2.95. The summed E-state index contributed by atoms with van der Waals surface area (Å²) in [7, 11) is 0. The second kappa shape index (κ2) is 4.82. The number of hydrogen-bond acceptors (Lipinski definition) is 4. The van der Waals surface area contributed by atoms with Crippen molar-refractivity contribution >= 4 is 5.91 Å². The second-order valence-electron chi connectivity index (χ2n) is 6.47. The quantitative estimate of drug-likeness (QED) is 0.884. The molecule has 0 bridgehead atoms. The van der Waals surface area contributed by atoms with E-state index < -0.39 is 5.60 Å².